The van der Waals surface area contributed by atoms with E-state index in [1.165, 1.54) is 38.9 Å². The molecule has 0 aromatic heterocycles. The second-order valence-corrected chi connectivity index (χ2v) is 5.16. The van der Waals surface area contributed by atoms with Crippen LogP contribution in [-0.2, 0) is 17.1 Å². The van der Waals surface area contributed by atoms with Crippen LogP contribution < -0.4 is 0 Å². The normalized spacial score (nSPS) is 9.50. The van der Waals surface area contributed by atoms with Crippen LogP contribution in [0.4, 0.5) is 0 Å². The van der Waals surface area contributed by atoms with E-state index in [9.17, 15) is 0 Å². The molecule has 0 amide bonds. The Balaban J connectivity index is 0.000000306. The van der Waals surface area contributed by atoms with Gasteiger partial charge in [0.25, 0.3) is 0 Å². The van der Waals surface area contributed by atoms with Crippen LogP contribution in [0.5, 0.6) is 0 Å². The van der Waals surface area contributed by atoms with Crippen molar-refractivity contribution >= 4 is 0 Å². The summed E-state index contributed by atoms with van der Waals surface area (Å²) in [6, 6.07) is 6.65. The quantitative estimate of drug-likeness (QED) is 0.473. The van der Waals surface area contributed by atoms with Crippen LogP contribution in [0.15, 0.2) is 18.2 Å². The van der Waals surface area contributed by atoms with Gasteiger partial charge in [0, 0.05) is 17.1 Å². The molecule has 0 heterocycles. The first-order chi connectivity index (χ1) is 7.82. The van der Waals surface area contributed by atoms with Crippen LogP contribution in [0.25, 0.3) is 0 Å². The third-order valence-corrected chi connectivity index (χ3v) is 3.69. The first kappa shape index (κ1) is 17.2. The molecule has 0 unspecified atom stereocenters. The molecule has 2 rings (SSSR count). The standard InChI is InChI=1S/C9H13.C8H11.Fe/c1-6-5-7(2)9(4)8(6)3;1-6-4-7(2)8(3)5-6;/h5H,1-4H3;4-5H,1-3H3;/q-5;-1;. The molecule has 0 aliphatic carbocycles. The number of hydrogen-bond acceptors (Lipinski definition) is 0. The summed E-state index contributed by atoms with van der Waals surface area (Å²) in [5, 5.41) is 0. The SMILES string of the molecule is C[c-]1[cH-][c-](C)[c-](C)[c-]1C.Cc1c[c-](C)cc1C.[Fe]. The Morgan fingerprint density at radius 3 is 1.22 bits per heavy atom. The van der Waals surface area contributed by atoms with E-state index in [4.69, 9.17) is 0 Å². The average molecular weight is 284 g/mol. The predicted molar refractivity (Wildman–Crippen MR) is 77.2 cm³/mol. The molecule has 0 spiro atoms. The van der Waals surface area contributed by atoms with Gasteiger partial charge in [-0.25, -0.2) is 27.7 Å². The van der Waals surface area contributed by atoms with Crippen molar-refractivity contribution in [1.29, 1.82) is 0 Å². The van der Waals surface area contributed by atoms with Crippen molar-refractivity contribution in [3.63, 3.8) is 0 Å². The van der Waals surface area contributed by atoms with E-state index in [-0.39, 0.29) is 17.1 Å². The molecule has 0 saturated carbocycles. The van der Waals surface area contributed by atoms with E-state index in [1.807, 2.05) is 0 Å². The van der Waals surface area contributed by atoms with E-state index >= 15 is 0 Å². The Morgan fingerprint density at radius 1 is 0.778 bits per heavy atom. The second-order valence-electron chi connectivity index (χ2n) is 5.16. The van der Waals surface area contributed by atoms with Gasteiger partial charge >= 0.3 is 0 Å². The smallest absolute Gasteiger partial charge is 0 e. The molecule has 0 radical (unpaired) electrons. The maximum Gasteiger partial charge on any atom is 0 e. The summed E-state index contributed by atoms with van der Waals surface area (Å²) in [5.41, 5.74) is 9.93. The van der Waals surface area contributed by atoms with E-state index in [0.717, 1.165) is 0 Å². The van der Waals surface area contributed by atoms with Crippen molar-refractivity contribution in [2.45, 2.75) is 48.5 Å². The molecule has 2 aromatic carbocycles. The molecular weight excluding hydrogens is 260 g/mol. The molecule has 1 heteroatoms. The van der Waals surface area contributed by atoms with E-state index in [1.54, 1.807) is 0 Å². The zero-order chi connectivity index (χ0) is 13.2. The summed E-state index contributed by atoms with van der Waals surface area (Å²) in [6.45, 7) is 15.1. The van der Waals surface area contributed by atoms with Crippen LogP contribution in [0.1, 0.15) is 38.9 Å². The molecule has 0 nitrogen and oxygen atoms in total. The molecule has 106 valence electrons. The van der Waals surface area contributed by atoms with Crippen molar-refractivity contribution in [2.75, 3.05) is 0 Å². The van der Waals surface area contributed by atoms with Gasteiger partial charge in [-0.2, -0.15) is 28.8 Å². The van der Waals surface area contributed by atoms with Gasteiger partial charge in [0.1, 0.15) is 0 Å². The van der Waals surface area contributed by atoms with E-state index in [2.05, 4.69) is 66.7 Å². The molecule has 0 aliphatic heterocycles. The third-order valence-electron chi connectivity index (χ3n) is 3.69. The van der Waals surface area contributed by atoms with Gasteiger partial charge in [0.05, 0.1) is 0 Å². The molecule has 0 N–H and O–H groups in total. The van der Waals surface area contributed by atoms with E-state index < -0.39 is 0 Å². The Labute approximate surface area is 123 Å². The van der Waals surface area contributed by atoms with Crippen LogP contribution in [0.3, 0.4) is 0 Å². The summed E-state index contributed by atoms with van der Waals surface area (Å²) in [7, 11) is 0. The third kappa shape index (κ3) is 4.15. The molecule has 0 bridgehead atoms. The minimum absolute atomic E-state index is 0. The molecule has 0 saturated heterocycles. The van der Waals surface area contributed by atoms with Gasteiger partial charge in [-0.05, 0) is 0 Å². The fourth-order valence-corrected chi connectivity index (χ4v) is 2.09. The molecule has 18 heavy (non-hydrogen) atoms. The largest absolute Gasteiger partial charge is 0.743 e. The summed E-state index contributed by atoms with van der Waals surface area (Å²) in [4.78, 5) is 0. The number of aryl methyl sites for hydroxylation is 5. The van der Waals surface area contributed by atoms with Gasteiger partial charge in [-0.1, -0.05) is 20.8 Å². The Hall–Kier alpha value is -0.781. The van der Waals surface area contributed by atoms with Crippen molar-refractivity contribution in [1.82, 2.24) is 0 Å². The molecule has 0 fully saturated rings. The minimum Gasteiger partial charge on any atom is -0.743 e. The van der Waals surface area contributed by atoms with Crippen LogP contribution >= 0.6 is 0 Å². The van der Waals surface area contributed by atoms with Crippen LogP contribution in [0.2, 0.25) is 0 Å². The van der Waals surface area contributed by atoms with Crippen molar-refractivity contribution in [3.8, 4) is 0 Å². The number of hydrogen-bond donors (Lipinski definition) is 0. The predicted octanol–water partition coefficient (Wildman–Crippen LogP) is 4.97. The van der Waals surface area contributed by atoms with Gasteiger partial charge in [-0.15, -0.1) is 0 Å². The van der Waals surface area contributed by atoms with Crippen LogP contribution in [0, 0.1) is 48.5 Å². The maximum atomic E-state index is 2.24. The number of rotatable bonds is 0. The summed E-state index contributed by atoms with van der Waals surface area (Å²) in [5.74, 6) is 0. The molecule has 2 aromatic rings. The molecule has 0 aliphatic rings. The van der Waals surface area contributed by atoms with Crippen molar-refractivity contribution in [3.05, 3.63) is 57.1 Å². The summed E-state index contributed by atoms with van der Waals surface area (Å²) in [6.07, 6.45) is 0. The maximum absolute atomic E-state index is 2.24. The average Bonchev–Trinajstić information content (AvgIpc) is 2.64. The minimum atomic E-state index is 0. The Bertz CT molecular complexity index is 456. The molecular formula is C17H24Fe-6. The van der Waals surface area contributed by atoms with Gasteiger partial charge < -0.3 is 28.3 Å². The Morgan fingerprint density at radius 2 is 1.11 bits per heavy atom. The van der Waals surface area contributed by atoms with Crippen molar-refractivity contribution < 1.29 is 17.1 Å². The fourth-order valence-electron chi connectivity index (χ4n) is 2.09. The second kappa shape index (κ2) is 6.97. The van der Waals surface area contributed by atoms with Gasteiger partial charge in [0.2, 0.25) is 0 Å². The molecule has 0 atom stereocenters. The van der Waals surface area contributed by atoms with E-state index in [0.29, 0.717) is 0 Å². The van der Waals surface area contributed by atoms with Crippen molar-refractivity contribution in [2.24, 2.45) is 0 Å². The summed E-state index contributed by atoms with van der Waals surface area (Å²) >= 11 is 0. The first-order valence-corrected chi connectivity index (χ1v) is 6.23. The Kier molecular flexibility index (Phi) is 6.67. The van der Waals surface area contributed by atoms with Gasteiger partial charge in [0.15, 0.2) is 0 Å². The topological polar surface area (TPSA) is 0 Å². The fraction of sp³-hybridized carbons (Fsp3) is 0.412. The first-order valence-electron chi connectivity index (χ1n) is 6.23. The monoisotopic (exact) mass is 284 g/mol. The zero-order valence-electron chi connectivity index (χ0n) is 12.6. The summed E-state index contributed by atoms with van der Waals surface area (Å²) < 4.78 is 0. The zero-order valence-corrected chi connectivity index (χ0v) is 13.7. The van der Waals surface area contributed by atoms with Gasteiger partial charge in [-0.3, -0.25) is 0 Å². The van der Waals surface area contributed by atoms with Crippen LogP contribution in [-0.4, -0.2) is 0 Å².